The van der Waals surface area contributed by atoms with Crippen LogP contribution < -0.4 is 10.9 Å². The normalized spacial score (nSPS) is 10.9. The molecular formula is C21H19N5O2S. The lowest BCUT2D eigenvalue weighted by molar-refractivity contribution is -0.118. The molecule has 0 saturated heterocycles. The van der Waals surface area contributed by atoms with Gasteiger partial charge in [-0.1, -0.05) is 54.2 Å². The smallest absolute Gasteiger partial charge is 0.262 e. The minimum Gasteiger partial charge on any atom is -0.351 e. The van der Waals surface area contributed by atoms with E-state index in [0.29, 0.717) is 22.7 Å². The molecule has 0 radical (unpaired) electrons. The largest absolute Gasteiger partial charge is 0.351 e. The fraction of sp³-hybridized carbons (Fsp3) is 0.143. The molecule has 8 heteroatoms. The van der Waals surface area contributed by atoms with Gasteiger partial charge < -0.3 is 10.3 Å². The second kappa shape index (κ2) is 8.32. The minimum atomic E-state index is -0.277. The van der Waals surface area contributed by atoms with Gasteiger partial charge in [-0.25, -0.2) is 9.67 Å². The third-order valence-corrected chi connectivity index (χ3v) is 5.21. The highest BCUT2D eigenvalue weighted by Crippen LogP contribution is 2.18. The highest BCUT2D eigenvalue weighted by molar-refractivity contribution is 7.99. The molecule has 4 aromatic rings. The van der Waals surface area contributed by atoms with Gasteiger partial charge in [-0.15, -0.1) is 0 Å². The third-order valence-electron chi connectivity index (χ3n) is 4.34. The van der Waals surface area contributed by atoms with E-state index in [1.54, 1.807) is 4.68 Å². The molecule has 0 aliphatic rings. The topological polar surface area (TPSA) is 92.7 Å². The van der Waals surface area contributed by atoms with Crippen LogP contribution in [0, 0.1) is 6.92 Å². The van der Waals surface area contributed by atoms with Crippen LogP contribution in [-0.2, 0) is 11.3 Å². The highest BCUT2D eigenvalue weighted by atomic mass is 32.2. The molecule has 0 saturated carbocycles. The fourth-order valence-corrected chi connectivity index (χ4v) is 3.58. The summed E-state index contributed by atoms with van der Waals surface area (Å²) in [6.45, 7) is 2.45. The number of aryl methyl sites for hydroxylation is 1. The number of amides is 1. The van der Waals surface area contributed by atoms with Crippen LogP contribution in [0.2, 0.25) is 0 Å². The number of hydrogen-bond donors (Lipinski definition) is 2. The van der Waals surface area contributed by atoms with Crippen molar-refractivity contribution in [3.63, 3.8) is 0 Å². The first-order valence-corrected chi connectivity index (χ1v) is 10.1. The lowest BCUT2D eigenvalue weighted by Crippen LogP contribution is -2.24. The van der Waals surface area contributed by atoms with E-state index in [1.165, 1.54) is 18.0 Å². The summed E-state index contributed by atoms with van der Waals surface area (Å²) in [5.74, 6) is 0.0219. The number of carbonyl (C=O) groups excluding carboxylic acids is 1. The second-order valence-electron chi connectivity index (χ2n) is 6.55. The van der Waals surface area contributed by atoms with E-state index in [2.05, 4.69) is 20.4 Å². The molecule has 2 aromatic carbocycles. The summed E-state index contributed by atoms with van der Waals surface area (Å²) in [5, 5.41) is 7.96. The third kappa shape index (κ3) is 4.38. The standard InChI is InChI=1S/C21H19N5O2S/c1-14-6-5-9-16(10-14)26-19-17(12-23-26)20(28)25-21(24-19)29-13-18(27)22-11-15-7-3-2-4-8-15/h2-10,12H,11,13H2,1H3,(H,22,27)(H,24,25,28). The molecule has 0 aliphatic heterocycles. The van der Waals surface area contributed by atoms with Gasteiger partial charge in [0.05, 0.1) is 17.6 Å². The molecule has 0 atom stereocenters. The Hall–Kier alpha value is -3.39. The molecule has 0 fully saturated rings. The van der Waals surface area contributed by atoms with Crippen LogP contribution >= 0.6 is 11.8 Å². The molecule has 7 nitrogen and oxygen atoms in total. The molecular weight excluding hydrogens is 386 g/mol. The summed E-state index contributed by atoms with van der Waals surface area (Å²) >= 11 is 1.18. The molecule has 2 N–H and O–H groups in total. The molecule has 0 spiro atoms. The maximum Gasteiger partial charge on any atom is 0.262 e. The molecule has 4 rings (SSSR count). The zero-order chi connectivity index (χ0) is 20.2. The van der Waals surface area contributed by atoms with Gasteiger partial charge in [0, 0.05) is 6.54 Å². The number of hydrogen-bond acceptors (Lipinski definition) is 5. The van der Waals surface area contributed by atoms with Crippen molar-refractivity contribution in [1.29, 1.82) is 0 Å². The summed E-state index contributed by atoms with van der Waals surface area (Å²) in [6, 6.07) is 17.5. The Bertz CT molecular complexity index is 1220. The summed E-state index contributed by atoms with van der Waals surface area (Å²) in [7, 11) is 0. The first kappa shape index (κ1) is 18.9. The first-order valence-electron chi connectivity index (χ1n) is 9.09. The highest BCUT2D eigenvalue weighted by Gasteiger charge is 2.13. The number of aromatic nitrogens is 4. The van der Waals surface area contributed by atoms with Crippen molar-refractivity contribution in [1.82, 2.24) is 25.1 Å². The number of nitrogens with zero attached hydrogens (tertiary/aromatic N) is 3. The lowest BCUT2D eigenvalue weighted by Gasteiger charge is -2.06. The van der Waals surface area contributed by atoms with Gasteiger partial charge in [-0.3, -0.25) is 9.59 Å². The van der Waals surface area contributed by atoms with Gasteiger partial charge in [0.25, 0.3) is 5.56 Å². The van der Waals surface area contributed by atoms with Crippen LogP contribution in [0.25, 0.3) is 16.7 Å². The van der Waals surface area contributed by atoms with Crippen molar-refractivity contribution >= 4 is 28.7 Å². The number of carbonyl (C=O) groups is 1. The molecule has 2 aromatic heterocycles. The molecule has 146 valence electrons. The maximum absolute atomic E-state index is 12.4. The minimum absolute atomic E-state index is 0.131. The predicted molar refractivity (Wildman–Crippen MR) is 113 cm³/mol. The monoisotopic (exact) mass is 405 g/mol. The summed E-state index contributed by atoms with van der Waals surface area (Å²) in [6.07, 6.45) is 1.50. The maximum atomic E-state index is 12.4. The Labute approximate surface area is 171 Å². The number of benzene rings is 2. The zero-order valence-corrected chi connectivity index (χ0v) is 16.6. The van der Waals surface area contributed by atoms with E-state index in [1.807, 2.05) is 61.5 Å². The van der Waals surface area contributed by atoms with Crippen LogP contribution in [0.3, 0.4) is 0 Å². The van der Waals surface area contributed by atoms with Crippen LogP contribution in [-0.4, -0.2) is 31.4 Å². The molecule has 1 amide bonds. The van der Waals surface area contributed by atoms with Gasteiger partial charge in [-0.2, -0.15) is 5.10 Å². The van der Waals surface area contributed by atoms with Crippen molar-refractivity contribution in [3.05, 3.63) is 82.3 Å². The number of aromatic amines is 1. The van der Waals surface area contributed by atoms with Crippen molar-refractivity contribution < 1.29 is 4.79 Å². The Kier molecular flexibility index (Phi) is 5.44. The molecule has 0 unspecified atom stereocenters. The van der Waals surface area contributed by atoms with Crippen LogP contribution in [0.4, 0.5) is 0 Å². The summed E-state index contributed by atoms with van der Waals surface area (Å²) in [4.78, 5) is 31.8. The van der Waals surface area contributed by atoms with Crippen LogP contribution in [0.5, 0.6) is 0 Å². The average molecular weight is 405 g/mol. The second-order valence-corrected chi connectivity index (χ2v) is 7.52. The Balaban J connectivity index is 1.50. The van der Waals surface area contributed by atoms with Gasteiger partial charge in [0.1, 0.15) is 5.39 Å². The zero-order valence-electron chi connectivity index (χ0n) is 15.8. The van der Waals surface area contributed by atoms with Gasteiger partial charge in [0.2, 0.25) is 5.91 Å². The van der Waals surface area contributed by atoms with Gasteiger partial charge in [-0.05, 0) is 30.2 Å². The Morgan fingerprint density at radius 2 is 2.00 bits per heavy atom. The molecule has 29 heavy (non-hydrogen) atoms. The lowest BCUT2D eigenvalue weighted by atomic mass is 10.2. The van der Waals surface area contributed by atoms with E-state index in [-0.39, 0.29) is 17.2 Å². The first-order chi connectivity index (χ1) is 14.1. The molecule has 0 bridgehead atoms. The van der Waals surface area contributed by atoms with Gasteiger partial charge >= 0.3 is 0 Å². The quantitative estimate of drug-likeness (QED) is 0.380. The Morgan fingerprint density at radius 1 is 1.17 bits per heavy atom. The number of thioether (sulfide) groups is 1. The van der Waals surface area contributed by atoms with Crippen LogP contribution in [0.15, 0.2) is 70.7 Å². The van der Waals surface area contributed by atoms with Crippen molar-refractivity contribution in [2.75, 3.05) is 5.75 Å². The summed E-state index contributed by atoms with van der Waals surface area (Å²) in [5.41, 5.74) is 3.13. The number of nitrogens with one attached hydrogen (secondary N) is 2. The van der Waals surface area contributed by atoms with Gasteiger partial charge in [0.15, 0.2) is 10.8 Å². The van der Waals surface area contributed by atoms with Crippen molar-refractivity contribution in [3.8, 4) is 5.69 Å². The van der Waals surface area contributed by atoms with E-state index >= 15 is 0 Å². The van der Waals surface area contributed by atoms with E-state index in [4.69, 9.17) is 0 Å². The van der Waals surface area contributed by atoms with E-state index in [0.717, 1.165) is 16.8 Å². The molecule has 2 heterocycles. The number of fused-ring (bicyclic) bond motifs is 1. The van der Waals surface area contributed by atoms with Crippen molar-refractivity contribution in [2.24, 2.45) is 0 Å². The molecule has 0 aliphatic carbocycles. The van der Waals surface area contributed by atoms with Crippen LogP contribution in [0.1, 0.15) is 11.1 Å². The summed E-state index contributed by atoms with van der Waals surface area (Å²) < 4.78 is 1.64. The SMILES string of the molecule is Cc1cccc(-n2ncc3c(=O)[nH]c(SCC(=O)NCc4ccccc4)nc32)c1. The van der Waals surface area contributed by atoms with E-state index < -0.39 is 0 Å². The Morgan fingerprint density at radius 3 is 2.79 bits per heavy atom. The number of rotatable bonds is 6. The van der Waals surface area contributed by atoms with Crippen molar-refractivity contribution in [2.45, 2.75) is 18.6 Å². The fourth-order valence-electron chi connectivity index (χ4n) is 2.90. The average Bonchev–Trinajstić information content (AvgIpc) is 3.16. The van der Waals surface area contributed by atoms with E-state index in [9.17, 15) is 9.59 Å². The number of H-pyrrole nitrogens is 1. The predicted octanol–water partition coefficient (Wildman–Crippen LogP) is 2.83.